The number of rotatable bonds is 4. The highest BCUT2D eigenvalue weighted by Crippen LogP contribution is 2.26. The van der Waals surface area contributed by atoms with Gasteiger partial charge in [-0.3, -0.25) is 4.68 Å². The zero-order valence-corrected chi connectivity index (χ0v) is 16.2. The summed E-state index contributed by atoms with van der Waals surface area (Å²) >= 11 is 0. The average Bonchev–Trinajstić information content (AvgIpc) is 3.34. The van der Waals surface area contributed by atoms with Crippen LogP contribution in [0.15, 0.2) is 42.7 Å². The number of urea groups is 1. The topological polar surface area (TPSA) is 80.9 Å². The van der Waals surface area contributed by atoms with Crippen LogP contribution in [0.3, 0.4) is 0 Å². The number of amides is 2. The van der Waals surface area contributed by atoms with Gasteiger partial charge in [0.1, 0.15) is 12.4 Å². The summed E-state index contributed by atoms with van der Waals surface area (Å²) in [6.07, 6.45) is 5.62. The molecule has 2 aromatic heterocycles. The van der Waals surface area contributed by atoms with Crippen molar-refractivity contribution in [2.24, 2.45) is 7.05 Å². The van der Waals surface area contributed by atoms with Crippen molar-refractivity contribution in [3.63, 3.8) is 0 Å². The fourth-order valence-electron chi connectivity index (χ4n) is 3.62. The van der Waals surface area contributed by atoms with Crippen LogP contribution in [0.25, 0.3) is 0 Å². The molecule has 8 nitrogen and oxygen atoms in total. The third-order valence-electron chi connectivity index (χ3n) is 5.24. The van der Waals surface area contributed by atoms with Gasteiger partial charge in [-0.1, -0.05) is 17.7 Å². The molecule has 146 valence electrons. The van der Waals surface area contributed by atoms with Gasteiger partial charge in [-0.15, -0.1) is 10.2 Å². The molecule has 0 spiro atoms. The Morgan fingerprint density at radius 3 is 2.82 bits per heavy atom. The Balaban J connectivity index is 1.43. The van der Waals surface area contributed by atoms with E-state index >= 15 is 0 Å². The zero-order chi connectivity index (χ0) is 19.5. The Kier molecular flexibility index (Phi) is 5.10. The van der Waals surface area contributed by atoms with Crippen molar-refractivity contribution in [2.45, 2.75) is 32.2 Å². The SMILES string of the molecule is Cc1ccc(NC(=O)N2CCCC(c3nnc(Cn4cccn4)n3C)C2)cc1. The summed E-state index contributed by atoms with van der Waals surface area (Å²) in [7, 11) is 1.99. The lowest BCUT2D eigenvalue weighted by Gasteiger charge is -2.32. The van der Waals surface area contributed by atoms with Gasteiger partial charge in [0.2, 0.25) is 0 Å². The van der Waals surface area contributed by atoms with Crippen LogP contribution in [0.2, 0.25) is 0 Å². The van der Waals surface area contributed by atoms with Crippen molar-refractivity contribution >= 4 is 11.7 Å². The van der Waals surface area contributed by atoms with Gasteiger partial charge in [0.25, 0.3) is 0 Å². The van der Waals surface area contributed by atoms with Gasteiger partial charge < -0.3 is 14.8 Å². The first-order valence-corrected chi connectivity index (χ1v) is 9.58. The highest BCUT2D eigenvalue weighted by Gasteiger charge is 2.28. The maximum absolute atomic E-state index is 12.7. The maximum Gasteiger partial charge on any atom is 0.321 e. The molecule has 1 saturated heterocycles. The number of carbonyl (C=O) groups excluding carboxylic acids is 1. The van der Waals surface area contributed by atoms with Crippen LogP contribution in [-0.2, 0) is 13.6 Å². The number of likely N-dealkylation sites (tertiary alicyclic amines) is 1. The van der Waals surface area contributed by atoms with Gasteiger partial charge in [-0.25, -0.2) is 4.79 Å². The maximum atomic E-state index is 12.7. The van der Waals surface area contributed by atoms with Crippen molar-refractivity contribution in [1.82, 2.24) is 29.4 Å². The normalized spacial score (nSPS) is 16.9. The molecule has 1 aliphatic rings. The highest BCUT2D eigenvalue weighted by molar-refractivity contribution is 5.89. The van der Waals surface area contributed by atoms with Gasteiger partial charge in [-0.05, 0) is 38.0 Å². The Morgan fingerprint density at radius 2 is 2.07 bits per heavy atom. The molecule has 1 unspecified atom stereocenters. The molecular weight excluding hydrogens is 354 g/mol. The number of hydrogen-bond acceptors (Lipinski definition) is 4. The molecule has 1 aromatic carbocycles. The molecule has 4 rings (SSSR count). The molecular formula is C20H25N7O. The van der Waals surface area contributed by atoms with E-state index in [9.17, 15) is 4.79 Å². The standard InChI is InChI=1S/C20H25N7O/c1-15-6-8-17(9-7-15)22-20(28)26-11-3-5-16(13-26)19-24-23-18(25(19)2)14-27-12-4-10-21-27/h4,6-10,12,16H,3,5,11,13-14H2,1-2H3,(H,22,28). The summed E-state index contributed by atoms with van der Waals surface area (Å²) in [5, 5.41) is 16.0. The third-order valence-corrected chi connectivity index (χ3v) is 5.24. The predicted octanol–water partition coefficient (Wildman–Crippen LogP) is 2.78. The average molecular weight is 379 g/mol. The Hall–Kier alpha value is -3.16. The molecule has 0 saturated carbocycles. The second kappa shape index (κ2) is 7.84. The van der Waals surface area contributed by atoms with E-state index in [0.717, 1.165) is 36.7 Å². The van der Waals surface area contributed by atoms with Crippen molar-refractivity contribution in [2.75, 3.05) is 18.4 Å². The largest absolute Gasteiger partial charge is 0.324 e. The van der Waals surface area contributed by atoms with Gasteiger partial charge in [-0.2, -0.15) is 5.10 Å². The molecule has 1 atom stereocenters. The quantitative estimate of drug-likeness (QED) is 0.756. The minimum atomic E-state index is -0.0625. The lowest BCUT2D eigenvalue weighted by Crippen LogP contribution is -2.42. The summed E-state index contributed by atoms with van der Waals surface area (Å²) in [5.41, 5.74) is 1.99. The minimum Gasteiger partial charge on any atom is -0.324 e. The fourth-order valence-corrected chi connectivity index (χ4v) is 3.62. The molecule has 1 N–H and O–H groups in total. The number of carbonyl (C=O) groups is 1. The molecule has 28 heavy (non-hydrogen) atoms. The van der Waals surface area contributed by atoms with E-state index in [1.807, 2.05) is 64.6 Å². The summed E-state index contributed by atoms with van der Waals surface area (Å²) in [6, 6.07) is 9.68. The van der Waals surface area contributed by atoms with Crippen LogP contribution in [0.5, 0.6) is 0 Å². The van der Waals surface area contributed by atoms with Crippen molar-refractivity contribution < 1.29 is 4.79 Å². The van der Waals surface area contributed by atoms with Crippen LogP contribution >= 0.6 is 0 Å². The van der Waals surface area contributed by atoms with E-state index in [4.69, 9.17) is 0 Å². The smallest absolute Gasteiger partial charge is 0.321 e. The second-order valence-corrected chi connectivity index (χ2v) is 7.32. The zero-order valence-electron chi connectivity index (χ0n) is 16.2. The number of piperidine rings is 1. The van der Waals surface area contributed by atoms with Crippen molar-refractivity contribution in [3.05, 3.63) is 59.9 Å². The first-order chi connectivity index (χ1) is 13.6. The van der Waals surface area contributed by atoms with E-state index in [1.165, 1.54) is 5.56 Å². The molecule has 0 radical (unpaired) electrons. The minimum absolute atomic E-state index is 0.0625. The molecule has 3 heterocycles. The summed E-state index contributed by atoms with van der Waals surface area (Å²) < 4.78 is 3.86. The van der Waals surface area contributed by atoms with Gasteiger partial charge in [0.05, 0.1) is 0 Å². The summed E-state index contributed by atoms with van der Waals surface area (Å²) in [4.78, 5) is 14.6. The van der Waals surface area contributed by atoms with E-state index in [-0.39, 0.29) is 11.9 Å². The Bertz CT molecular complexity index is 930. The number of hydrogen-bond donors (Lipinski definition) is 1. The van der Waals surface area contributed by atoms with Crippen LogP contribution in [0.1, 0.15) is 36.0 Å². The van der Waals surface area contributed by atoms with Crippen molar-refractivity contribution in [1.29, 1.82) is 0 Å². The number of aromatic nitrogens is 5. The van der Waals surface area contributed by atoms with E-state index < -0.39 is 0 Å². The van der Waals surface area contributed by atoms with Crippen LogP contribution < -0.4 is 5.32 Å². The first-order valence-electron chi connectivity index (χ1n) is 9.58. The fraction of sp³-hybridized carbons (Fsp3) is 0.400. The van der Waals surface area contributed by atoms with E-state index in [1.54, 1.807) is 6.20 Å². The lowest BCUT2D eigenvalue weighted by molar-refractivity contribution is 0.190. The molecule has 1 fully saturated rings. The Morgan fingerprint density at radius 1 is 1.25 bits per heavy atom. The van der Waals surface area contributed by atoms with E-state index in [0.29, 0.717) is 13.1 Å². The monoisotopic (exact) mass is 379 g/mol. The molecule has 0 aliphatic carbocycles. The third kappa shape index (κ3) is 3.90. The number of nitrogens with zero attached hydrogens (tertiary/aromatic N) is 6. The molecule has 1 aliphatic heterocycles. The summed E-state index contributed by atoms with van der Waals surface area (Å²) in [5.74, 6) is 1.97. The first kappa shape index (κ1) is 18.2. The van der Waals surface area contributed by atoms with E-state index in [2.05, 4.69) is 20.6 Å². The van der Waals surface area contributed by atoms with Crippen molar-refractivity contribution in [3.8, 4) is 0 Å². The molecule has 0 bridgehead atoms. The highest BCUT2D eigenvalue weighted by atomic mass is 16.2. The number of nitrogens with one attached hydrogen (secondary N) is 1. The number of benzene rings is 1. The predicted molar refractivity (Wildman–Crippen MR) is 106 cm³/mol. The number of aryl methyl sites for hydroxylation is 1. The second-order valence-electron chi connectivity index (χ2n) is 7.32. The molecule has 8 heteroatoms. The molecule has 3 aromatic rings. The number of anilines is 1. The van der Waals surface area contributed by atoms with Crippen LogP contribution in [0, 0.1) is 6.92 Å². The Labute approximate surface area is 164 Å². The summed E-state index contributed by atoms with van der Waals surface area (Å²) in [6.45, 7) is 4.01. The van der Waals surface area contributed by atoms with Crippen LogP contribution in [0.4, 0.5) is 10.5 Å². The van der Waals surface area contributed by atoms with Gasteiger partial charge in [0, 0.05) is 44.1 Å². The molecule has 2 amide bonds. The lowest BCUT2D eigenvalue weighted by atomic mass is 9.97. The van der Waals surface area contributed by atoms with Gasteiger partial charge >= 0.3 is 6.03 Å². The van der Waals surface area contributed by atoms with Gasteiger partial charge in [0.15, 0.2) is 5.82 Å². The van der Waals surface area contributed by atoms with Crippen LogP contribution in [-0.4, -0.2) is 48.6 Å².